The number of hydrogen-bond donors (Lipinski definition) is 2. The minimum Gasteiger partial charge on any atom is -0.493 e. The first kappa shape index (κ1) is 21.9. The predicted octanol–water partition coefficient (Wildman–Crippen LogP) is 2.25. The molecule has 0 bridgehead atoms. The smallest absolute Gasteiger partial charge is 0.264 e. The van der Waals surface area contributed by atoms with Gasteiger partial charge in [-0.3, -0.25) is 9.10 Å². The number of hydrogen-bond acceptors (Lipinski definition) is 6. The molecule has 1 N–H and O–H groups in total. The Kier molecular flexibility index (Phi) is 7.59. The summed E-state index contributed by atoms with van der Waals surface area (Å²) in [5.41, 5.74) is 1.37. The molecule has 1 amide bonds. The highest BCUT2D eigenvalue weighted by Crippen LogP contribution is 2.32. The molecule has 0 unspecified atom stereocenters. The number of ether oxygens (including phenoxy) is 2. The van der Waals surface area contributed by atoms with Crippen LogP contribution in [-0.2, 0) is 14.8 Å². The fourth-order valence-corrected chi connectivity index (χ4v) is 4.06. The summed E-state index contributed by atoms with van der Waals surface area (Å²) in [5, 5.41) is 2.64. The van der Waals surface area contributed by atoms with Crippen molar-refractivity contribution in [2.75, 3.05) is 37.4 Å². The molecule has 0 aromatic heterocycles. The van der Waals surface area contributed by atoms with Gasteiger partial charge in [0.15, 0.2) is 11.5 Å². The molecule has 7 nitrogen and oxygen atoms in total. The van der Waals surface area contributed by atoms with Crippen molar-refractivity contribution in [1.82, 2.24) is 5.32 Å². The normalized spacial score (nSPS) is 11.0. The second kappa shape index (κ2) is 9.70. The highest BCUT2D eigenvalue weighted by atomic mass is 32.2. The van der Waals surface area contributed by atoms with Crippen molar-refractivity contribution in [2.24, 2.45) is 0 Å². The molecule has 0 fully saturated rings. The number of nitrogens with one attached hydrogen (secondary N) is 1. The molecule has 152 valence electrons. The van der Waals surface area contributed by atoms with Crippen molar-refractivity contribution >= 4 is 34.2 Å². The summed E-state index contributed by atoms with van der Waals surface area (Å²) in [4.78, 5) is 12.3. The molecule has 28 heavy (non-hydrogen) atoms. The zero-order chi connectivity index (χ0) is 20.7. The lowest BCUT2D eigenvalue weighted by molar-refractivity contribution is -0.119. The molecule has 0 atom stereocenters. The topological polar surface area (TPSA) is 84.9 Å². The Hall–Kier alpha value is -2.39. The van der Waals surface area contributed by atoms with Gasteiger partial charge in [-0.05, 0) is 31.2 Å². The number of benzene rings is 2. The first-order valence-corrected chi connectivity index (χ1v) is 10.6. The molecule has 2 rings (SSSR count). The number of nitrogens with zero attached hydrogens (tertiary/aromatic N) is 1. The lowest BCUT2D eigenvalue weighted by Gasteiger charge is -2.24. The van der Waals surface area contributed by atoms with Gasteiger partial charge in [0.2, 0.25) is 5.91 Å². The highest BCUT2D eigenvalue weighted by molar-refractivity contribution is 7.92. The van der Waals surface area contributed by atoms with Gasteiger partial charge in [-0.15, -0.1) is 0 Å². The van der Waals surface area contributed by atoms with E-state index in [0.717, 1.165) is 9.87 Å². The van der Waals surface area contributed by atoms with Gasteiger partial charge in [0.1, 0.15) is 6.54 Å². The third-order valence-corrected chi connectivity index (χ3v) is 5.98. The second-order valence-electron chi connectivity index (χ2n) is 5.94. The van der Waals surface area contributed by atoms with Gasteiger partial charge in [0.05, 0.1) is 24.8 Å². The number of sulfonamides is 1. The Morgan fingerprint density at radius 3 is 2.29 bits per heavy atom. The molecule has 0 saturated carbocycles. The number of amides is 1. The molecular weight excluding hydrogens is 400 g/mol. The molecule has 0 spiro atoms. The van der Waals surface area contributed by atoms with E-state index < -0.39 is 15.9 Å². The van der Waals surface area contributed by atoms with E-state index in [2.05, 4.69) is 17.9 Å². The van der Waals surface area contributed by atoms with Crippen LogP contribution in [0.4, 0.5) is 5.69 Å². The van der Waals surface area contributed by atoms with Crippen LogP contribution < -0.4 is 19.1 Å². The van der Waals surface area contributed by atoms with Crippen molar-refractivity contribution in [3.63, 3.8) is 0 Å². The quantitative estimate of drug-likeness (QED) is 0.603. The van der Waals surface area contributed by atoms with Crippen LogP contribution in [0.15, 0.2) is 47.4 Å². The third kappa shape index (κ3) is 5.11. The van der Waals surface area contributed by atoms with Crippen molar-refractivity contribution < 1.29 is 22.7 Å². The van der Waals surface area contributed by atoms with Crippen LogP contribution in [0.2, 0.25) is 0 Å². The maximum atomic E-state index is 13.3. The Morgan fingerprint density at radius 2 is 1.71 bits per heavy atom. The van der Waals surface area contributed by atoms with Crippen LogP contribution in [0.1, 0.15) is 5.56 Å². The highest BCUT2D eigenvalue weighted by Gasteiger charge is 2.28. The molecule has 0 saturated heterocycles. The third-order valence-electron chi connectivity index (χ3n) is 3.99. The number of aryl methyl sites for hydroxylation is 1. The van der Waals surface area contributed by atoms with Crippen LogP contribution >= 0.6 is 12.6 Å². The van der Waals surface area contributed by atoms with Gasteiger partial charge in [0.25, 0.3) is 10.0 Å². The maximum Gasteiger partial charge on any atom is 0.264 e. The van der Waals surface area contributed by atoms with Crippen LogP contribution in [0.5, 0.6) is 11.5 Å². The Bertz CT molecular complexity index is 914. The van der Waals surface area contributed by atoms with E-state index in [-0.39, 0.29) is 17.2 Å². The zero-order valence-electron chi connectivity index (χ0n) is 16.0. The fraction of sp³-hybridized carbons (Fsp3) is 0.316. The number of rotatable bonds is 9. The largest absolute Gasteiger partial charge is 0.493 e. The number of anilines is 1. The van der Waals surface area contributed by atoms with E-state index in [0.29, 0.717) is 23.7 Å². The lowest BCUT2D eigenvalue weighted by atomic mass is 10.2. The van der Waals surface area contributed by atoms with Gasteiger partial charge in [0, 0.05) is 18.4 Å². The molecular formula is C19H24N2O5S2. The van der Waals surface area contributed by atoms with E-state index in [1.165, 1.54) is 32.4 Å². The number of thiol groups is 1. The molecule has 0 heterocycles. The maximum absolute atomic E-state index is 13.3. The number of methoxy groups -OCH3 is 2. The van der Waals surface area contributed by atoms with E-state index in [1.54, 1.807) is 24.3 Å². The van der Waals surface area contributed by atoms with Gasteiger partial charge >= 0.3 is 0 Å². The van der Waals surface area contributed by atoms with Gasteiger partial charge in [-0.2, -0.15) is 12.6 Å². The molecule has 0 aliphatic carbocycles. The van der Waals surface area contributed by atoms with Gasteiger partial charge in [-0.1, -0.05) is 17.7 Å². The summed E-state index contributed by atoms with van der Waals surface area (Å²) in [7, 11) is -1.13. The summed E-state index contributed by atoms with van der Waals surface area (Å²) in [5.74, 6) is 0.735. The summed E-state index contributed by atoms with van der Waals surface area (Å²) >= 11 is 4.05. The Labute approximate surface area is 171 Å². The fourth-order valence-electron chi connectivity index (χ4n) is 2.51. The van der Waals surface area contributed by atoms with Crippen LogP contribution in [0.3, 0.4) is 0 Å². The van der Waals surface area contributed by atoms with Crippen molar-refractivity contribution in [2.45, 2.75) is 11.8 Å². The molecule has 0 aliphatic rings. The van der Waals surface area contributed by atoms with E-state index in [4.69, 9.17) is 9.47 Å². The Balaban J connectivity index is 2.48. The van der Waals surface area contributed by atoms with Crippen molar-refractivity contribution in [3.8, 4) is 11.5 Å². The van der Waals surface area contributed by atoms with Crippen LogP contribution in [0.25, 0.3) is 0 Å². The van der Waals surface area contributed by atoms with Crippen molar-refractivity contribution in [3.05, 3.63) is 48.0 Å². The van der Waals surface area contributed by atoms with Gasteiger partial charge < -0.3 is 14.8 Å². The van der Waals surface area contributed by atoms with E-state index in [1.807, 2.05) is 6.92 Å². The molecule has 0 radical (unpaired) electrons. The van der Waals surface area contributed by atoms with E-state index in [9.17, 15) is 13.2 Å². The minimum absolute atomic E-state index is 0.00674. The SMILES string of the molecule is COc1ccc(S(=O)(=O)N(CC(=O)NCCS)c2ccc(C)cc2)cc1OC. The van der Waals surface area contributed by atoms with E-state index >= 15 is 0 Å². The zero-order valence-corrected chi connectivity index (χ0v) is 17.7. The Morgan fingerprint density at radius 1 is 1.07 bits per heavy atom. The average molecular weight is 425 g/mol. The summed E-state index contributed by atoms with van der Waals surface area (Å²) < 4.78 is 38.1. The van der Waals surface area contributed by atoms with Crippen LogP contribution in [0, 0.1) is 6.92 Å². The molecule has 2 aromatic carbocycles. The molecule has 0 aliphatic heterocycles. The lowest BCUT2D eigenvalue weighted by Crippen LogP contribution is -2.41. The first-order valence-electron chi connectivity index (χ1n) is 8.52. The van der Waals surface area contributed by atoms with Crippen molar-refractivity contribution in [1.29, 1.82) is 0 Å². The number of carbonyl (C=O) groups is 1. The molecule has 2 aromatic rings. The summed E-state index contributed by atoms with van der Waals surface area (Å²) in [6.07, 6.45) is 0. The predicted molar refractivity (Wildman–Crippen MR) is 112 cm³/mol. The standard InChI is InChI=1S/C19H24N2O5S2/c1-14-4-6-15(7-5-14)21(13-19(22)20-10-11-27)28(23,24)16-8-9-17(25-2)18(12-16)26-3/h4-9,12,27H,10-11,13H2,1-3H3,(H,20,22). The monoisotopic (exact) mass is 424 g/mol. The number of carbonyl (C=O) groups excluding carboxylic acids is 1. The second-order valence-corrected chi connectivity index (χ2v) is 8.25. The van der Waals surface area contributed by atoms with Crippen LogP contribution in [-0.4, -0.2) is 47.4 Å². The molecule has 9 heteroatoms. The summed E-state index contributed by atoms with van der Waals surface area (Å²) in [6, 6.07) is 11.2. The average Bonchev–Trinajstić information content (AvgIpc) is 2.70. The van der Waals surface area contributed by atoms with Gasteiger partial charge in [-0.25, -0.2) is 8.42 Å². The summed E-state index contributed by atoms with van der Waals surface area (Å²) in [6.45, 7) is 1.89. The first-order chi connectivity index (χ1) is 13.3. The minimum atomic E-state index is -4.03.